The van der Waals surface area contributed by atoms with Crippen molar-refractivity contribution in [3.63, 3.8) is 0 Å². The average Bonchev–Trinajstić information content (AvgIpc) is 3.09. The first-order valence-corrected chi connectivity index (χ1v) is 11.1. The molecule has 2 aromatic rings. The van der Waals surface area contributed by atoms with Crippen LogP contribution in [0.25, 0.3) is 5.69 Å². The summed E-state index contributed by atoms with van der Waals surface area (Å²) in [4.78, 5) is 24.4. The van der Waals surface area contributed by atoms with Crippen LogP contribution in [0.5, 0.6) is 0 Å². The Bertz CT molecular complexity index is 904. The van der Waals surface area contributed by atoms with Gasteiger partial charge in [-0.2, -0.15) is 0 Å². The summed E-state index contributed by atoms with van der Waals surface area (Å²) >= 11 is 0. The van der Waals surface area contributed by atoms with Gasteiger partial charge in [-0.05, 0) is 89.8 Å². The molecule has 0 bridgehead atoms. The van der Waals surface area contributed by atoms with E-state index in [1.165, 1.54) is 5.56 Å². The molecule has 7 heteroatoms. The van der Waals surface area contributed by atoms with Crippen molar-refractivity contribution in [1.29, 1.82) is 0 Å². The molecule has 0 spiro atoms. The molecule has 0 saturated heterocycles. The number of aryl methyl sites for hydroxylation is 1. The van der Waals surface area contributed by atoms with Crippen LogP contribution >= 0.6 is 0 Å². The van der Waals surface area contributed by atoms with Crippen LogP contribution in [0.15, 0.2) is 24.3 Å². The quantitative estimate of drug-likeness (QED) is 0.618. The predicted molar refractivity (Wildman–Crippen MR) is 117 cm³/mol. The number of benzene rings is 1. The molecule has 1 aliphatic rings. The van der Waals surface area contributed by atoms with Crippen molar-refractivity contribution in [1.82, 2.24) is 15.0 Å². The van der Waals surface area contributed by atoms with E-state index in [2.05, 4.69) is 22.4 Å². The fraction of sp³-hybridized carbons (Fsp3) is 0.583. The molecule has 1 aliphatic carbocycles. The number of aromatic nitrogens is 3. The first-order valence-electron chi connectivity index (χ1n) is 11.1. The topological polar surface area (TPSA) is 83.3 Å². The lowest BCUT2D eigenvalue weighted by atomic mass is 9.77. The molecular weight excluding hydrogens is 394 g/mol. The van der Waals surface area contributed by atoms with Crippen molar-refractivity contribution >= 4 is 11.9 Å². The van der Waals surface area contributed by atoms with Crippen molar-refractivity contribution in [3.05, 3.63) is 41.2 Å². The number of esters is 2. The third-order valence-electron chi connectivity index (χ3n) is 5.65. The molecule has 31 heavy (non-hydrogen) atoms. The first kappa shape index (κ1) is 23.0. The van der Waals surface area contributed by atoms with E-state index < -0.39 is 11.6 Å². The molecule has 0 N–H and O–H groups in total. The molecule has 1 heterocycles. The van der Waals surface area contributed by atoms with E-state index in [4.69, 9.17) is 9.47 Å². The lowest BCUT2D eigenvalue weighted by Gasteiger charge is -2.28. The standard InChI is InChI=1S/C24H33N3O4/c1-6-30-21(28)15-17-7-9-18(10-8-17)19-11-13-20(14-12-19)27-22(16(2)25-26-27)23(29)31-24(3,4)5/h11-14,17-18H,6-10,15H2,1-5H3. The number of hydrogen-bond donors (Lipinski definition) is 0. The minimum absolute atomic E-state index is 0.0841. The van der Waals surface area contributed by atoms with Crippen LogP contribution in [-0.4, -0.2) is 39.1 Å². The van der Waals surface area contributed by atoms with Gasteiger partial charge in [-0.1, -0.05) is 17.3 Å². The molecule has 0 radical (unpaired) electrons. The smallest absolute Gasteiger partial charge is 0.359 e. The Kier molecular flexibility index (Phi) is 7.13. The summed E-state index contributed by atoms with van der Waals surface area (Å²) in [6, 6.07) is 8.15. The SMILES string of the molecule is CCOC(=O)CC1CCC(c2ccc(-n3nnc(C)c3C(=O)OC(C)(C)C)cc2)CC1. The van der Waals surface area contributed by atoms with E-state index >= 15 is 0 Å². The van der Waals surface area contributed by atoms with Gasteiger partial charge in [0.15, 0.2) is 5.69 Å². The maximum absolute atomic E-state index is 12.6. The van der Waals surface area contributed by atoms with Gasteiger partial charge in [0, 0.05) is 6.42 Å². The molecule has 3 rings (SSSR count). The summed E-state index contributed by atoms with van der Waals surface area (Å²) in [5, 5.41) is 8.23. The zero-order chi connectivity index (χ0) is 22.6. The molecule has 1 fully saturated rings. The van der Waals surface area contributed by atoms with Gasteiger partial charge in [-0.25, -0.2) is 9.48 Å². The first-order chi connectivity index (χ1) is 14.7. The fourth-order valence-electron chi connectivity index (χ4n) is 4.14. The molecular formula is C24H33N3O4. The summed E-state index contributed by atoms with van der Waals surface area (Å²) < 4.78 is 12.1. The van der Waals surface area contributed by atoms with Crippen molar-refractivity contribution < 1.29 is 19.1 Å². The molecule has 0 amide bonds. The minimum atomic E-state index is -0.589. The number of carbonyl (C=O) groups excluding carboxylic acids is 2. The highest BCUT2D eigenvalue weighted by Gasteiger charge is 2.26. The molecule has 0 aliphatic heterocycles. The Morgan fingerprint density at radius 2 is 1.74 bits per heavy atom. The van der Waals surface area contributed by atoms with Crippen molar-refractivity contribution in [3.8, 4) is 5.69 Å². The highest BCUT2D eigenvalue weighted by atomic mass is 16.6. The minimum Gasteiger partial charge on any atom is -0.466 e. The summed E-state index contributed by atoms with van der Waals surface area (Å²) in [5.41, 5.74) is 2.35. The summed E-state index contributed by atoms with van der Waals surface area (Å²) in [6.07, 6.45) is 4.73. The second-order valence-electron chi connectivity index (χ2n) is 9.26. The summed E-state index contributed by atoms with van der Waals surface area (Å²) in [6.45, 7) is 9.56. The Morgan fingerprint density at radius 1 is 1.10 bits per heavy atom. The van der Waals surface area contributed by atoms with Gasteiger partial charge in [-0.15, -0.1) is 5.10 Å². The van der Waals surface area contributed by atoms with Gasteiger partial charge < -0.3 is 9.47 Å². The van der Waals surface area contributed by atoms with Crippen LogP contribution in [-0.2, 0) is 14.3 Å². The zero-order valence-corrected chi connectivity index (χ0v) is 19.2. The van der Waals surface area contributed by atoms with Crippen LogP contribution < -0.4 is 0 Å². The summed E-state index contributed by atoms with van der Waals surface area (Å²) in [7, 11) is 0. The number of hydrogen-bond acceptors (Lipinski definition) is 6. The highest BCUT2D eigenvalue weighted by Crippen LogP contribution is 2.37. The van der Waals surface area contributed by atoms with Crippen LogP contribution in [0.1, 0.15) is 87.5 Å². The Labute approximate surface area is 184 Å². The van der Waals surface area contributed by atoms with Crippen molar-refractivity contribution in [2.45, 2.75) is 78.2 Å². The molecule has 1 aromatic heterocycles. The number of ether oxygens (including phenoxy) is 2. The van der Waals surface area contributed by atoms with Gasteiger partial charge in [0.1, 0.15) is 5.60 Å². The number of nitrogens with zero attached hydrogens (tertiary/aromatic N) is 3. The van der Waals surface area contributed by atoms with E-state index in [-0.39, 0.29) is 5.97 Å². The number of rotatable bonds is 6. The average molecular weight is 428 g/mol. The lowest BCUT2D eigenvalue weighted by molar-refractivity contribution is -0.144. The molecule has 168 valence electrons. The van der Waals surface area contributed by atoms with Crippen molar-refractivity contribution in [2.75, 3.05) is 6.61 Å². The van der Waals surface area contributed by atoms with Gasteiger partial charge in [0.05, 0.1) is 18.0 Å². The van der Waals surface area contributed by atoms with Crippen LogP contribution in [0, 0.1) is 12.8 Å². The Morgan fingerprint density at radius 3 is 2.32 bits per heavy atom. The van der Waals surface area contributed by atoms with Crippen LogP contribution in [0.4, 0.5) is 0 Å². The predicted octanol–water partition coefficient (Wildman–Crippen LogP) is 4.76. The van der Waals surface area contributed by atoms with E-state index in [1.807, 2.05) is 39.8 Å². The maximum atomic E-state index is 12.6. The molecule has 7 nitrogen and oxygen atoms in total. The maximum Gasteiger partial charge on any atom is 0.359 e. The largest absolute Gasteiger partial charge is 0.466 e. The fourth-order valence-corrected chi connectivity index (χ4v) is 4.14. The number of carbonyl (C=O) groups is 2. The van der Waals surface area contributed by atoms with E-state index in [1.54, 1.807) is 11.6 Å². The molecule has 0 unspecified atom stereocenters. The highest BCUT2D eigenvalue weighted by molar-refractivity contribution is 5.89. The molecule has 1 saturated carbocycles. The second kappa shape index (κ2) is 9.62. The van der Waals surface area contributed by atoms with Gasteiger partial charge in [-0.3, -0.25) is 4.79 Å². The molecule has 1 aromatic carbocycles. The third kappa shape index (κ3) is 5.93. The van der Waals surface area contributed by atoms with Crippen LogP contribution in [0.2, 0.25) is 0 Å². The Balaban J connectivity index is 1.67. The normalized spacial score (nSPS) is 19.1. The lowest BCUT2D eigenvalue weighted by Crippen LogP contribution is -2.26. The zero-order valence-electron chi connectivity index (χ0n) is 19.2. The molecule has 0 atom stereocenters. The Hall–Kier alpha value is -2.70. The monoisotopic (exact) mass is 427 g/mol. The van der Waals surface area contributed by atoms with Gasteiger partial charge >= 0.3 is 11.9 Å². The van der Waals surface area contributed by atoms with Crippen LogP contribution in [0.3, 0.4) is 0 Å². The third-order valence-corrected chi connectivity index (χ3v) is 5.65. The van der Waals surface area contributed by atoms with E-state index in [9.17, 15) is 9.59 Å². The second-order valence-corrected chi connectivity index (χ2v) is 9.26. The van der Waals surface area contributed by atoms with E-state index in [0.717, 1.165) is 31.4 Å². The summed E-state index contributed by atoms with van der Waals surface area (Å²) in [5.74, 6) is 0.387. The van der Waals surface area contributed by atoms with Gasteiger partial charge in [0.2, 0.25) is 0 Å². The van der Waals surface area contributed by atoms with E-state index in [0.29, 0.717) is 36.3 Å². The van der Waals surface area contributed by atoms with Crippen molar-refractivity contribution in [2.24, 2.45) is 5.92 Å². The van der Waals surface area contributed by atoms with Gasteiger partial charge in [0.25, 0.3) is 0 Å².